The van der Waals surface area contributed by atoms with E-state index >= 15 is 0 Å². The quantitative estimate of drug-likeness (QED) is 0.602. The Morgan fingerprint density at radius 1 is 1.05 bits per heavy atom. The van der Waals surface area contributed by atoms with E-state index in [4.69, 9.17) is 10.2 Å². The molecule has 1 atom stereocenters. The molecular weight excluding hydrogens is 267 g/mol. The molecule has 1 heterocycles. The molecule has 0 spiro atoms. The minimum atomic E-state index is -1.47. The summed E-state index contributed by atoms with van der Waals surface area (Å²) in [6.07, 6.45) is -0.763. The molecule has 0 saturated heterocycles. The summed E-state index contributed by atoms with van der Waals surface area (Å²) in [4.78, 5) is 46.5. The van der Waals surface area contributed by atoms with Crippen LogP contribution in [0, 0.1) is 0 Å². The van der Waals surface area contributed by atoms with E-state index < -0.39 is 36.2 Å². The SMILES string of the molecule is O=C(O)CCC(C(=O)O)[15N]1C(=O)c2ccccc2C1=O. The number of fused-ring (bicyclic) bond motifs is 1. The Hall–Kier alpha value is -2.70. The molecule has 1 aromatic carbocycles. The van der Waals surface area contributed by atoms with Gasteiger partial charge in [0.05, 0.1) is 11.1 Å². The number of carbonyl (C=O) groups excluding carboxylic acids is 2. The Morgan fingerprint density at radius 3 is 1.95 bits per heavy atom. The highest BCUT2D eigenvalue weighted by Gasteiger charge is 2.42. The highest BCUT2D eigenvalue weighted by Crippen LogP contribution is 2.26. The number of benzene rings is 1. The van der Waals surface area contributed by atoms with Crippen molar-refractivity contribution in [2.75, 3.05) is 0 Å². The molecule has 7 nitrogen and oxygen atoms in total. The van der Waals surface area contributed by atoms with Gasteiger partial charge in [0.25, 0.3) is 11.8 Å². The Kier molecular flexibility index (Phi) is 3.51. The zero-order valence-electron chi connectivity index (χ0n) is 10.3. The third-order valence-corrected chi connectivity index (χ3v) is 3.05. The van der Waals surface area contributed by atoms with Gasteiger partial charge in [0.15, 0.2) is 0 Å². The average molecular weight is 278 g/mol. The van der Waals surface area contributed by atoms with Gasteiger partial charge < -0.3 is 10.2 Å². The van der Waals surface area contributed by atoms with Crippen molar-refractivity contribution in [1.29, 1.82) is 0 Å². The maximum absolute atomic E-state index is 12.1. The van der Waals surface area contributed by atoms with E-state index in [0.29, 0.717) is 4.90 Å². The molecule has 2 amide bonds. The van der Waals surface area contributed by atoms with Crippen LogP contribution in [-0.2, 0) is 9.59 Å². The summed E-state index contributed by atoms with van der Waals surface area (Å²) in [5.74, 6) is -4.00. The molecule has 0 bridgehead atoms. The van der Waals surface area contributed by atoms with E-state index in [2.05, 4.69) is 0 Å². The fourth-order valence-electron chi connectivity index (χ4n) is 2.11. The molecule has 1 aromatic rings. The maximum Gasteiger partial charge on any atom is 0.326 e. The Labute approximate surface area is 113 Å². The van der Waals surface area contributed by atoms with Crippen LogP contribution in [0.3, 0.4) is 0 Å². The van der Waals surface area contributed by atoms with Crippen LogP contribution in [0.15, 0.2) is 24.3 Å². The highest BCUT2D eigenvalue weighted by atomic mass is 16.4. The van der Waals surface area contributed by atoms with E-state index in [0.717, 1.165) is 0 Å². The normalized spacial score (nSPS) is 15.1. The van der Waals surface area contributed by atoms with Crippen molar-refractivity contribution in [1.82, 2.24) is 4.90 Å². The summed E-state index contributed by atoms with van der Waals surface area (Å²) in [6.45, 7) is 0. The fourth-order valence-corrected chi connectivity index (χ4v) is 2.11. The first-order valence-corrected chi connectivity index (χ1v) is 5.85. The molecular formula is C13H11NO6. The van der Waals surface area contributed by atoms with Gasteiger partial charge >= 0.3 is 11.9 Å². The number of hydrogen-bond acceptors (Lipinski definition) is 4. The smallest absolute Gasteiger partial charge is 0.326 e. The summed E-state index contributed by atoms with van der Waals surface area (Å²) >= 11 is 0. The lowest BCUT2D eigenvalue weighted by Crippen LogP contribution is -2.45. The molecule has 0 fully saturated rings. The van der Waals surface area contributed by atoms with Crippen LogP contribution in [-0.4, -0.2) is 44.9 Å². The Bertz CT molecular complexity index is 574. The lowest BCUT2D eigenvalue weighted by atomic mass is 10.1. The van der Waals surface area contributed by atoms with Crippen molar-refractivity contribution < 1.29 is 29.4 Å². The second-order valence-electron chi connectivity index (χ2n) is 4.31. The number of carboxylic acids is 2. The number of rotatable bonds is 5. The second-order valence-corrected chi connectivity index (χ2v) is 4.31. The van der Waals surface area contributed by atoms with Crippen LogP contribution in [0.5, 0.6) is 0 Å². The lowest BCUT2D eigenvalue weighted by Gasteiger charge is -2.21. The van der Waals surface area contributed by atoms with Crippen molar-refractivity contribution in [3.05, 3.63) is 35.4 Å². The monoisotopic (exact) mass is 278 g/mol. The molecule has 1 aliphatic rings. The topological polar surface area (TPSA) is 112 Å². The summed E-state index contributed by atoms with van der Waals surface area (Å²) in [5, 5.41) is 17.7. The zero-order chi connectivity index (χ0) is 14.9. The lowest BCUT2D eigenvalue weighted by molar-refractivity contribution is -0.142. The van der Waals surface area contributed by atoms with E-state index in [1.165, 1.54) is 12.1 Å². The van der Waals surface area contributed by atoms with Gasteiger partial charge in [-0.25, -0.2) is 4.79 Å². The van der Waals surface area contributed by atoms with Gasteiger partial charge in [-0.05, 0) is 18.6 Å². The van der Waals surface area contributed by atoms with Gasteiger partial charge in [0.1, 0.15) is 6.04 Å². The van der Waals surface area contributed by atoms with Crippen LogP contribution in [0.4, 0.5) is 0 Å². The van der Waals surface area contributed by atoms with Crippen LogP contribution in [0.25, 0.3) is 0 Å². The number of carbonyl (C=O) groups is 4. The summed E-state index contributed by atoms with van der Waals surface area (Å²) in [7, 11) is 0. The van der Waals surface area contributed by atoms with Gasteiger partial charge in [-0.1, -0.05) is 12.1 Å². The first-order chi connectivity index (χ1) is 9.43. The van der Waals surface area contributed by atoms with E-state index in [9.17, 15) is 19.2 Å². The second kappa shape index (κ2) is 5.12. The minimum Gasteiger partial charge on any atom is -0.481 e. The number of hydrogen-bond donors (Lipinski definition) is 2. The van der Waals surface area contributed by atoms with Gasteiger partial charge in [-0.15, -0.1) is 0 Å². The van der Waals surface area contributed by atoms with Gasteiger partial charge in [-0.3, -0.25) is 19.3 Å². The van der Waals surface area contributed by atoms with Crippen LogP contribution >= 0.6 is 0 Å². The molecule has 0 radical (unpaired) electrons. The summed E-state index contributed by atoms with van der Waals surface area (Å²) in [5.41, 5.74) is 0.276. The van der Waals surface area contributed by atoms with E-state index in [1.807, 2.05) is 0 Å². The number of aliphatic carboxylic acids is 2. The van der Waals surface area contributed by atoms with Crippen LogP contribution in [0.2, 0.25) is 0 Å². The first-order valence-electron chi connectivity index (χ1n) is 5.85. The number of carboxylic acid groups (broad SMARTS) is 2. The molecule has 0 aliphatic carbocycles. The van der Waals surface area contributed by atoms with Crippen molar-refractivity contribution in [3.63, 3.8) is 0 Å². The molecule has 0 aromatic heterocycles. The zero-order valence-corrected chi connectivity index (χ0v) is 10.3. The third-order valence-electron chi connectivity index (χ3n) is 3.05. The molecule has 104 valence electrons. The Morgan fingerprint density at radius 2 is 1.55 bits per heavy atom. The first kappa shape index (κ1) is 13.7. The molecule has 2 N–H and O–H groups in total. The average Bonchev–Trinajstić information content (AvgIpc) is 2.64. The van der Waals surface area contributed by atoms with Gasteiger partial charge in [0, 0.05) is 6.42 Å². The van der Waals surface area contributed by atoms with Crippen LogP contribution in [0.1, 0.15) is 33.6 Å². The van der Waals surface area contributed by atoms with E-state index in [-0.39, 0.29) is 17.5 Å². The molecule has 2 rings (SSSR count). The fraction of sp³-hybridized carbons (Fsp3) is 0.231. The predicted molar refractivity (Wildman–Crippen MR) is 65.2 cm³/mol. The molecule has 1 unspecified atom stereocenters. The molecule has 0 saturated carbocycles. The highest BCUT2D eigenvalue weighted by molar-refractivity contribution is 6.22. The summed E-state index contributed by atoms with van der Waals surface area (Å²) in [6, 6.07) is 4.54. The molecule has 20 heavy (non-hydrogen) atoms. The maximum atomic E-state index is 12.1. The number of amides is 2. The van der Waals surface area contributed by atoms with Crippen molar-refractivity contribution in [2.24, 2.45) is 0 Å². The molecule has 1 aliphatic heterocycles. The number of nitrogens with zero attached hydrogens (tertiary/aromatic N) is 1. The standard InChI is InChI=1S/C13H11NO6/c15-10(16)6-5-9(13(19)20)14-11(17)7-3-1-2-4-8(7)12(14)18/h1-4,9H,5-6H2,(H,15,16)(H,19,20)/i14+1. The number of imide groups is 1. The van der Waals surface area contributed by atoms with Crippen molar-refractivity contribution in [2.45, 2.75) is 18.9 Å². The predicted octanol–water partition coefficient (Wildman–Crippen LogP) is 0.601. The van der Waals surface area contributed by atoms with Crippen molar-refractivity contribution in [3.8, 4) is 0 Å². The third kappa shape index (κ3) is 2.25. The van der Waals surface area contributed by atoms with Crippen LogP contribution < -0.4 is 0 Å². The van der Waals surface area contributed by atoms with Gasteiger partial charge in [-0.2, -0.15) is 0 Å². The molecule has 7 heteroatoms. The van der Waals surface area contributed by atoms with Crippen molar-refractivity contribution >= 4 is 23.8 Å². The Balaban J connectivity index is 2.32. The largest absolute Gasteiger partial charge is 0.481 e. The van der Waals surface area contributed by atoms with Gasteiger partial charge in [0.2, 0.25) is 0 Å². The van der Waals surface area contributed by atoms with E-state index in [1.54, 1.807) is 12.1 Å². The summed E-state index contributed by atoms with van der Waals surface area (Å²) < 4.78 is 0. The minimum absolute atomic E-state index is 0.138.